The second kappa shape index (κ2) is 10.7. The number of rotatable bonds is 5. The highest BCUT2D eigenvalue weighted by Crippen LogP contribution is 2.29. The fourth-order valence-electron chi connectivity index (χ4n) is 5.75. The SMILES string of the molecule is Cc1ccc(N2C[C@H](CN3CCN(c4ccnc(N5CCNCC5)n4)CC3)O[C@H](C)C2)c2nccnc12. The van der Waals surface area contributed by atoms with Gasteiger partial charge in [0.15, 0.2) is 0 Å². The van der Waals surface area contributed by atoms with E-state index in [4.69, 9.17) is 9.72 Å². The number of anilines is 3. The number of nitrogens with zero attached hydrogens (tertiary/aromatic N) is 8. The minimum atomic E-state index is 0.154. The van der Waals surface area contributed by atoms with Crippen molar-refractivity contribution in [2.75, 3.05) is 86.7 Å². The maximum Gasteiger partial charge on any atom is 0.227 e. The van der Waals surface area contributed by atoms with Crippen LogP contribution >= 0.6 is 0 Å². The van der Waals surface area contributed by atoms with Crippen molar-refractivity contribution in [1.82, 2.24) is 30.2 Å². The van der Waals surface area contributed by atoms with E-state index in [1.807, 2.05) is 12.3 Å². The Hall–Kier alpha value is -3.08. The number of hydrogen-bond donors (Lipinski definition) is 1. The molecule has 5 heterocycles. The van der Waals surface area contributed by atoms with Crippen molar-refractivity contribution in [3.63, 3.8) is 0 Å². The van der Waals surface area contributed by atoms with Gasteiger partial charge < -0.3 is 24.8 Å². The summed E-state index contributed by atoms with van der Waals surface area (Å²) in [4.78, 5) is 28.3. The first-order valence-electron chi connectivity index (χ1n) is 13.5. The number of aromatic nitrogens is 4. The number of fused-ring (bicyclic) bond motifs is 1. The molecule has 0 spiro atoms. The summed E-state index contributed by atoms with van der Waals surface area (Å²) < 4.78 is 6.41. The van der Waals surface area contributed by atoms with Crippen LogP contribution in [0.5, 0.6) is 0 Å². The Balaban J connectivity index is 1.08. The number of aryl methyl sites for hydroxylation is 1. The van der Waals surface area contributed by atoms with E-state index in [-0.39, 0.29) is 12.2 Å². The maximum absolute atomic E-state index is 6.41. The van der Waals surface area contributed by atoms with Crippen LogP contribution in [0.3, 0.4) is 0 Å². The van der Waals surface area contributed by atoms with Gasteiger partial charge in [-0.15, -0.1) is 0 Å². The first-order valence-corrected chi connectivity index (χ1v) is 13.5. The molecule has 37 heavy (non-hydrogen) atoms. The van der Waals surface area contributed by atoms with Crippen LogP contribution in [0.4, 0.5) is 17.5 Å². The largest absolute Gasteiger partial charge is 0.370 e. The predicted molar refractivity (Wildman–Crippen MR) is 147 cm³/mol. The van der Waals surface area contributed by atoms with Gasteiger partial charge in [0.05, 0.1) is 23.4 Å². The lowest BCUT2D eigenvalue weighted by molar-refractivity contribution is -0.0327. The van der Waals surface area contributed by atoms with E-state index in [2.05, 4.69) is 65.8 Å². The molecule has 0 amide bonds. The summed E-state index contributed by atoms with van der Waals surface area (Å²) >= 11 is 0. The van der Waals surface area contributed by atoms with Gasteiger partial charge in [-0.05, 0) is 31.5 Å². The van der Waals surface area contributed by atoms with E-state index in [0.29, 0.717) is 0 Å². The zero-order valence-electron chi connectivity index (χ0n) is 21.9. The number of ether oxygens (including phenoxy) is 1. The van der Waals surface area contributed by atoms with E-state index >= 15 is 0 Å². The third-order valence-corrected chi connectivity index (χ3v) is 7.66. The molecule has 3 fully saturated rings. The second-order valence-electron chi connectivity index (χ2n) is 10.4. The molecular weight excluding hydrogens is 466 g/mol. The predicted octanol–water partition coefficient (Wildman–Crippen LogP) is 1.55. The Morgan fingerprint density at radius 3 is 2.43 bits per heavy atom. The van der Waals surface area contributed by atoms with Gasteiger partial charge >= 0.3 is 0 Å². The molecule has 1 N–H and O–H groups in total. The molecule has 0 radical (unpaired) electrons. The van der Waals surface area contributed by atoms with Gasteiger partial charge in [0.1, 0.15) is 11.3 Å². The van der Waals surface area contributed by atoms with Gasteiger partial charge in [0.25, 0.3) is 0 Å². The molecule has 1 aromatic carbocycles. The number of benzene rings is 1. The molecule has 10 heteroatoms. The summed E-state index contributed by atoms with van der Waals surface area (Å²) in [5.41, 5.74) is 4.28. The van der Waals surface area contributed by atoms with Gasteiger partial charge in [-0.1, -0.05) is 6.07 Å². The lowest BCUT2D eigenvalue weighted by Gasteiger charge is -2.42. The van der Waals surface area contributed by atoms with Crippen molar-refractivity contribution in [2.45, 2.75) is 26.1 Å². The van der Waals surface area contributed by atoms with Crippen molar-refractivity contribution in [3.05, 3.63) is 42.4 Å². The molecule has 2 aromatic heterocycles. The number of piperazine rings is 2. The highest BCUT2D eigenvalue weighted by molar-refractivity contribution is 5.90. The topological polar surface area (TPSA) is 85.8 Å². The Morgan fingerprint density at radius 1 is 0.838 bits per heavy atom. The molecule has 196 valence electrons. The van der Waals surface area contributed by atoms with Crippen LogP contribution in [0.15, 0.2) is 36.8 Å². The smallest absolute Gasteiger partial charge is 0.227 e. The zero-order chi connectivity index (χ0) is 25.2. The number of nitrogens with one attached hydrogen (secondary N) is 1. The average Bonchev–Trinajstić information content (AvgIpc) is 2.94. The van der Waals surface area contributed by atoms with E-state index in [0.717, 1.165) is 106 Å². The third-order valence-electron chi connectivity index (χ3n) is 7.66. The molecule has 0 bridgehead atoms. The lowest BCUT2D eigenvalue weighted by Crippen LogP contribution is -2.54. The highest BCUT2D eigenvalue weighted by Gasteiger charge is 2.30. The zero-order valence-corrected chi connectivity index (χ0v) is 21.9. The molecule has 3 aliphatic heterocycles. The Labute approximate surface area is 218 Å². The van der Waals surface area contributed by atoms with E-state index < -0.39 is 0 Å². The van der Waals surface area contributed by atoms with Crippen LogP contribution < -0.4 is 20.0 Å². The normalized spacial score (nSPS) is 23.6. The second-order valence-corrected chi connectivity index (χ2v) is 10.4. The van der Waals surface area contributed by atoms with Crippen molar-refractivity contribution in [2.24, 2.45) is 0 Å². The molecule has 10 nitrogen and oxygen atoms in total. The average molecular weight is 504 g/mol. The summed E-state index contributed by atoms with van der Waals surface area (Å²) in [5.74, 6) is 1.88. The quantitative estimate of drug-likeness (QED) is 0.554. The fourth-order valence-corrected chi connectivity index (χ4v) is 5.75. The van der Waals surface area contributed by atoms with Crippen LogP contribution in [-0.2, 0) is 4.74 Å². The van der Waals surface area contributed by atoms with Crippen molar-refractivity contribution < 1.29 is 4.74 Å². The standard InChI is InChI=1S/C27H37N9O/c1-20-3-4-23(26-25(20)29-7-8-30-26)36-17-21(2)37-22(19-36)18-33-13-15-34(16-14-33)24-5-6-31-27(32-24)35-11-9-28-10-12-35/h3-8,21-22,28H,9-19H2,1-2H3/t21-,22+/m1/s1. The summed E-state index contributed by atoms with van der Waals surface area (Å²) in [6.07, 6.45) is 5.78. The molecule has 2 atom stereocenters. The van der Waals surface area contributed by atoms with E-state index in [1.54, 1.807) is 12.4 Å². The summed E-state index contributed by atoms with van der Waals surface area (Å²) in [7, 11) is 0. The van der Waals surface area contributed by atoms with Crippen molar-refractivity contribution in [3.8, 4) is 0 Å². The minimum absolute atomic E-state index is 0.154. The van der Waals surface area contributed by atoms with Gasteiger partial charge in [-0.2, -0.15) is 4.98 Å². The van der Waals surface area contributed by atoms with Crippen molar-refractivity contribution in [1.29, 1.82) is 0 Å². The van der Waals surface area contributed by atoms with Gasteiger partial charge in [0.2, 0.25) is 5.95 Å². The molecule has 3 aliphatic rings. The molecule has 3 saturated heterocycles. The Bertz CT molecular complexity index is 1210. The third kappa shape index (κ3) is 5.32. The summed E-state index contributed by atoms with van der Waals surface area (Å²) in [6, 6.07) is 6.39. The molecule has 0 saturated carbocycles. The van der Waals surface area contributed by atoms with Crippen LogP contribution in [0.2, 0.25) is 0 Å². The van der Waals surface area contributed by atoms with Crippen LogP contribution in [0, 0.1) is 6.92 Å². The molecule has 6 rings (SSSR count). The molecular formula is C27H37N9O. The number of morpholine rings is 1. The van der Waals surface area contributed by atoms with Crippen molar-refractivity contribution >= 4 is 28.5 Å². The summed E-state index contributed by atoms with van der Waals surface area (Å²) in [6.45, 7) is 14.7. The van der Waals surface area contributed by atoms with Gasteiger partial charge in [-0.25, -0.2) is 4.98 Å². The molecule has 0 aliphatic carbocycles. The lowest BCUT2D eigenvalue weighted by atomic mass is 10.1. The molecule has 3 aromatic rings. The molecule has 0 unspecified atom stereocenters. The first kappa shape index (κ1) is 24.3. The number of hydrogen-bond acceptors (Lipinski definition) is 10. The maximum atomic E-state index is 6.41. The highest BCUT2D eigenvalue weighted by atomic mass is 16.5. The first-order chi connectivity index (χ1) is 18.1. The fraction of sp³-hybridized carbons (Fsp3) is 0.556. The van der Waals surface area contributed by atoms with Crippen LogP contribution in [0.1, 0.15) is 12.5 Å². The van der Waals surface area contributed by atoms with Gasteiger partial charge in [-0.3, -0.25) is 14.9 Å². The van der Waals surface area contributed by atoms with Crippen LogP contribution in [0.25, 0.3) is 11.0 Å². The Kier molecular flexibility index (Phi) is 7.04. The van der Waals surface area contributed by atoms with E-state index in [9.17, 15) is 0 Å². The minimum Gasteiger partial charge on any atom is -0.370 e. The Morgan fingerprint density at radius 2 is 1.62 bits per heavy atom. The van der Waals surface area contributed by atoms with Gasteiger partial charge in [0, 0.05) is 90.6 Å². The van der Waals surface area contributed by atoms with Crippen LogP contribution in [-0.4, -0.2) is 109 Å². The summed E-state index contributed by atoms with van der Waals surface area (Å²) in [5, 5.41) is 3.39. The monoisotopic (exact) mass is 503 g/mol. The van der Waals surface area contributed by atoms with E-state index in [1.165, 1.54) is 0 Å².